The van der Waals surface area contributed by atoms with Crippen LogP contribution >= 0.6 is 0 Å². The first kappa shape index (κ1) is 33.5. The molecule has 0 amide bonds. The van der Waals surface area contributed by atoms with E-state index >= 15 is 0 Å². The van der Waals surface area contributed by atoms with Crippen LogP contribution in [0, 0.1) is 23.8 Å². The van der Waals surface area contributed by atoms with E-state index in [0.717, 1.165) is 49.1 Å². The molecule has 4 aromatic heterocycles. The molecule has 4 atom stereocenters. The molecular weight excluding hydrogens is 652 g/mol. The third-order valence-corrected chi connectivity index (χ3v) is 6.65. The summed E-state index contributed by atoms with van der Waals surface area (Å²) in [5.74, 6) is -13.7. The average Bonchev–Trinajstić information content (AvgIpc) is 3.32. The quantitative estimate of drug-likeness (QED) is 0.112. The Kier molecular flexibility index (Phi) is 9.95. The van der Waals surface area contributed by atoms with Gasteiger partial charge in [-0.25, -0.2) is 39.1 Å². The Hall–Kier alpha value is -5.88. The lowest BCUT2D eigenvalue weighted by atomic mass is 10.0. The standard InChI is InChI=1S/C30H20F4N4O10/c31-22-15(5-1-9-35-22)26(39)44-13-19-20(46-28(41)17-7-3-11-37-24(17)33)21(47-29(42)18-8-4-12-38-25(18)34)30(43,48-19)14-45-27(40)16-6-2-10-36-23(16)32/h1-12,19-21,43H,13-14H2. The summed E-state index contributed by atoms with van der Waals surface area (Å²) in [7, 11) is 0. The molecule has 1 fully saturated rings. The molecule has 14 nitrogen and oxygen atoms in total. The van der Waals surface area contributed by atoms with E-state index in [1.165, 1.54) is 24.3 Å². The number of carbonyl (C=O) groups excluding carboxylic acids is 4. The summed E-state index contributed by atoms with van der Waals surface area (Å²) in [5.41, 5.74) is -2.80. The van der Waals surface area contributed by atoms with Crippen LogP contribution in [0.2, 0.25) is 0 Å². The second-order valence-corrected chi connectivity index (χ2v) is 9.74. The monoisotopic (exact) mass is 672 g/mol. The Labute approximate surface area is 266 Å². The lowest BCUT2D eigenvalue weighted by Gasteiger charge is -2.29. The summed E-state index contributed by atoms with van der Waals surface area (Å²) in [6.45, 7) is -2.24. The number of aromatic nitrogens is 4. The molecule has 0 aromatic carbocycles. The van der Waals surface area contributed by atoms with Crippen LogP contribution in [0.5, 0.6) is 0 Å². The first-order valence-electron chi connectivity index (χ1n) is 13.6. The van der Waals surface area contributed by atoms with Crippen molar-refractivity contribution in [2.45, 2.75) is 24.1 Å². The van der Waals surface area contributed by atoms with E-state index in [1.807, 2.05) is 0 Å². The maximum Gasteiger partial charge on any atom is 0.343 e. The Balaban J connectivity index is 1.49. The largest absolute Gasteiger partial charge is 0.459 e. The maximum atomic E-state index is 14.4. The molecule has 4 aromatic rings. The van der Waals surface area contributed by atoms with Crippen LogP contribution < -0.4 is 0 Å². The molecule has 1 aliphatic heterocycles. The number of halogens is 4. The summed E-state index contributed by atoms with van der Waals surface area (Å²) < 4.78 is 83.3. The van der Waals surface area contributed by atoms with Gasteiger partial charge in [0.2, 0.25) is 29.6 Å². The van der Waals surface area contributed by atoms with Gasteiger partial charge in [0, 0.05) is 24.8 Å². The van der Waals surface area contributed by atoms with E-state index in [4.69, 9.17) is 23.7 Å². The number of carbonyl (C=O) groups is 4. The Morgan fingerprint density at radius 1 is 0.646 bits per heavy atom. The molecule has 0 radical (unpaired) electrons. The molecule has 0 spiro atoms. The smallest absolute Gasteiger partial charge is 0.343 e. The average molecular weight is 673 g/mol. The van der Waals surface area contributed by atoms with Crippen molar-refractivity contribution in [2.24, 2.45) is 0 Å². The van der Waals surface area contributed by atoms with Crippen molar-refractivity contribution in [3.63, 3.8) is 0 Å². The zero-order valence-electron chi connectivity index (χ0n) is 24.0. The van der Waals surface area contributed by atoms with Crippen molar-refractivity contribution >= 4 is 23.9 Å². The second-order valence-electron chi connectivity index (χ2n) is 9.74. The summed E-state index contributed by atoms with van der Waals surface area (Å²) >= 11 is 0. The highest BCUT2D eigenvalue weighted by Gasteiger charge is 2.60. The second kappa shape index (κ2) is 14.3. The number of pyridine rings is 4. The van der Waals surface area contributed by atoms with E-state index in [2.05, 4.69) is 19.9 Å². The van der Waals surface area contributed by atoms with Crippen LogP contribution in [0.15, 0.2) is 73.3 Å². The van der Waals surface area contributed by atoms with Gasteiger partial charge in [-0.2, -0.15) is 17.6 Å². The van der Waals surface area contributed by atoms with Crippen molar-refractivity contribution in [3.8, 4) is 0 Å². The minimum atomic E-state index is -3.00. The van der Waals surface area contributed by atoms with Crippen LogP contribution in [-0.4, -0.2) is 86.2 Å². The number of ether oxygens (including phenoxy) is 5. The minimum absolute atomic E-state index is 0.626. The molecule has 5 heterocycles. The normalized spacial score (nSPS) is 20.1. The molecule has 4 unspecified atom stereocenters. The SMILES string of the molecule is O=C(OCC1OC(O)(COC(=O)c2cccnc2F)C(OC(=O)c2cccnc2F)C1OC(=O)c1cccnc1F)c1cccnc1F. The van der Waals surface area contributed by atoms with E-state index in [9.17, 15) is 41.8 Å². The van der Waals surface area contributed by atoms with Gasteiger partial charge in [-0.05, 0) is 48.5 Å². The van der Waals surface area contributed by atoms with Gasteiger partial charge in [0.25, 0.3) is 0 Å². The molecule has 0 saturated carbocycles. The van der Waals surface area contributed by atoms with Gasteiger partial charge in [0.1, 0.15) is 41.6 Å². The van der Waals surface area contributed by atoms with Crippen LogP contribution in [0.25, 0.3) is 0 Å². The molecule has 0 aliphatic carbocycles. The molecule has 0 bridgehead atoms. The summed E-state index contributed by atoms with van der Waals surface area (Å²) in [6, 6.07) is 8.75. The Bertz CT molecular complexity index is 1870. The number of hydrogen-bond donors (Lipinski definition) is 1. The summed E-state index contributed by atoms with van der Waals surface area (Å²) in [6.07, 6.45) is -1.98. The third-order valence-electron chi connectivity index (χ3n) is 6.65. The highest BCUT2D eigenvalue weighted by atomic mass is 19.1. The topological polar surface area (TPSA) is 186 Å². The predicted octanol–water partition coefficient (Wildman–Crippen LogP) is 2.38. The van der Waals surface area contributed by atoms with Crippen LogP contribution in [0.1, 0.15) is 41.4 Å². The van der Waals surface area contributed by atoms with Gasteiger partial charge in [0.15, 0.2) is 12.2 Å². The van der Waals surface area contributed by atoms with E-state index in [-0.39, 0.29) is 0 Å². The van der Waals surface area contributed by atoms with Crippen LogP contribution in [0.4, 0.5) is 17.6 Å². The minimum Gasteiger partial charge on any atom is -0.459 e. The fourth-order valence-electron chi connectivity index (χ4n) is 4.39. The Morgan fingerprint density at radius 3 is 1.48 bits per heavy atom. The van der Waals surface area contributed by atoms with Gasteiger partial charge in [-0.15, -0.1) is 0 Å². The van der Waals surface area contributed by atoms with Crippen molar-refractivity contribution in [1.82, 2.24) is 19.9 Å². The fourth-order valence-corrected chi connectivity index (χ4v) is 4.39. The Morgan fingerprint density at radius 2 is 1.04 bits per heavy atom. The molecular formula is C30H20F4N4O10. The first-order chi connectivity index (χ1) is 23.0. The maximum absolute atomic E-state index is 14.4. The molecule has 1 aliphatic rings. The van der Waals surface area contributed by atoms with Gasteiger partial charge in [-0.3, -0.25) is 0 Å². The van der Waals surface area contributed by atoms with Gasteiger partial charge < -0.3 is 28.8 Å². The van der Waals surface area contributed by atoms with Gasteiger partial charge in [-0.1, -0.05) is 0 Å². The van der Waals surface area contributed by atoms with Crippen LogP contribution in [0.3, 0.4) is 0 Å². The molecule has 5 rings (SSSR count). The van der Waals surface area contributed by atoms with Crippen molar-refractivity contribution in [1.29, 1.82) is 0 Å². The zero-order chi connectivity index (χ0) is 34.4. The zero-order valence-corrected chi connectivity index (χ0v) is 24.0. The van der Waals surface area contributed by atoms with Gasteiger partial charge >= 0.3 is 23.9 Å². The van der Waals surface area contributed by atoms with Crippen molar-refractivity contribution in [3.05, 3.63) is 119 Å². The van der Waals surface area contributed by atoms with Gasteiger partial charge in [0.05, 0.1) is 0 Å². The van der Waals surface area contributed by atoms with Crippen molar-refractivity contribution < 1.29 is 65.5 Å². The lowest BCUT2D eigenvalue weighted by Crippen LogP contribution is -2.51. The number of esters is 4. The summed E-state index contributed by atoms with van der Waals surface area (Å²) in [4.78, 5) is 64.8. The summed E-state index contributed by atoms with van der Waals surface area (Å²) in [5, 5.41) is 11.6. The fraction of sp³-hybridized carbons (Fsp3) is 0.200. The third kappa shape index (κ3) is 7.24. The van der Waals surface area contributed by atoms with Crippen LogP contribution in [-0.2, 0) is 23.7 Å². The molecule has 48 heavy (non-hydrogen) atoms. The first-order valence-corrected chi connectivity index (χ1v) is 13.6. The highest BCUT2D eigenvalue weighted by molar-refractivity contribution is 5.91. The van der Waals surface area contributed by atoms with E-state index in [1.54, 1.807) is 0 Å². The molecule has 1 saturated heterocycles. The number of nitrogens with zero attached hydrogens (tertiary/aromatic N) is 4. The molecule has 248 valence electrons. The van der Waals surface area contributed by atoms with Crippen molar-refractivity contribution in [2.75, 3.05) is 13.2 Å². The number of rotatable bonds is 10. The number of hydrogen-bond acceptors (Lipinski definition) is 14. The lowest BCUT2D eigenvalue weighted by molar-refractivity contribution is -0.247. The number of aliphatic hydroxyl groups is 1. The predicted molar refractivity (Wildman–Crippen MR) is 146 cm³/mol. The molecule has 18 heteroatoms. The highest BCUT2D eigenvalue weighted by Crippen LogP contribution is 2.36. The van der Waals surface area contributed by atoms with E-state index < -0.39 is 107 Å². The van der Waals surface area contributed by atoms with E-state index in [0.29, 0.717) is 0 Å². The molecule has 1 N–H and O–H groups in total.